The van der Waals surface area contributed by atoms with Crippen molar-refractivity contribution in [2.24, 2.45) is 0 Å². The summed E-state index contributed by atoms with van der Waals surface area (Å²) >= 11 is 0. The van der Waals surface area contributed by atoms with Gasteiger partial charge in [-0.1, -0.05) is 0 Å². The van der Waals surface area contributed by atoms with Crippen molar-refractivity contribution in [3.05, 3.63) is 36.4 Å². The van der Waals surface area contributed by atoms with E-state index >= 15 is 0 Å². The molecule has 7 heteroatoms. The second-order valence-corrected chi connectivity index (χ2v) is 4.70. The summed E-state index contributed by atoms with van der Waals surface area (Å²) in [4.78, 5) is 20.2. The number of carbonyl (C=O) groups excluding carboxylic acids is 1. The number of aromatic nitrogens is 3. The second-order valence-electron chi connectivity index (χ2n) is 4.70. The molecule has 3 N–H and O–H groups in total. The smallest absolute Gasteiger partial charge is 0.257 e. The molecule has 0 bridgehead atoms. The predicted octanol–water partition coefficient (Wildman–Crippen LogP) is 0.349. The first kappa shape index (κ1) is 12.5. The molecule has 20 heavy (non-hydrogen) atoms. The van der Waals surface area contributed by atoms with Crippen LogP contribution < -0.4 is 10.6 Å². The molecule has 104 valence electrons. The zero-order chi connectivity index (χ0) is 13.9. The number of hydrogen-bond donors (Lipinski definition) is 2. The number of pyridine rings is 1. The molecule has 0 unspecified atom stereocenters. The molecule has 2 aromatic heterocycles. The van der Waals surface area contributed by atoms with Crippen LogP contribution in [0.25, 0.3) is 0 Å². The third-order valence-corrected chi connectivity index (χ3v) is 3.48. The van der Waals surface area contributed by atoms with Crippen LogP contribution in [-0.2, 0) is 0 Å². The number of carbonyl (C=O) groups is 1. The normalized spacial score (nSPS) is 15.4. The fourth-order valence-corrected chi connectivity index (χ4v) is 2.39. The molecule has 2 aromatic rings. The van der Waals surface area contributed by atoms with Gasteiger partial charge in [0.05, 0.1) is 29.3 Å². The highest BCUT2D eigenvalue weighted by Gasteiger charge is 2.23. The molecule has 1 saturated heterocycles. The Morgan fingerprint density at radius 2 is 2.05 bits per heavy atom. The van der Waals surface area contributed by atoms with Gasteiger partial charge in [0.1, 0.15) is 0 Å². The fourth-order valence-electron chi connectivity index (χ4n) is 2.39. The number of anilines is 2. The summed E-state index contributed by atoms with van der Waals surface area (Å²) in [6.45, 7) is 2.87. The van der Waals surface area contributed by atoms with Gasteiger partial charge >= 0.3 is 0 Å². The lowest BCUT2D eigenvalue weighted by Crippen LogP contribution is -2.48. The third kappa shape index (κ3) is 2.29. The summed E-state index contributed by atoms with van der Waals surface area (Å²) in [5.41, 5.74) is 8.18. The maximum Gasteiger partial charge on any atom is 0.257 e. The lowest BCUT2D eigenvalue weighted by molar-refractivity contribution is 0.0747. The van der Waals surface area contributed by atoms with Gasteiger partial charge < -0.3 is 15.5 Å². The van der Waals surface area contributed by atoms with Crippen LogP contribution in [0, 0.1) is 0 Å². The molecule has 0 aliphatic carbocycles. The number of nitrogens with one attached hydrogen (secondary N) is 1. The van der Waals surface area contributed by atoms with Crippen molar-refractivity contribution in [2.75, 3.05) is 36.8 Å². The van der Waals surface area contributed by atoms with Crippen LogP contribution in [0.5, 0.6) is 0 Å². The molecule has 0 atom stereocenters. The Morgan fingerprint density at radius 1 is 1.25 bits per heavy atom. The largest absolute Gasteiger partial charge is 0.396 e. The van der Waals surface area contributed by atoms with Crippen LogP contribution in [0.4, 0.5) is 11.4 Å². The van der Waals surface area contributed by atoms with Crippen LogP contribution in [-0.4, -0.2) is 52.2 Å². The number of rotatable bonds is 2. The quantitative estimate of drug-likeness (QED) is 0.823. The number of nitrogens with zero attached hydrogens (tertiary/aromatic N) is 4. The van der Waals surface area contributed by atoms with Crippen molar-refractivity contribution in [3.63, 3.8) is 0 Å². The van der Waals surface area contributed by atoms with Crippen molar-refractivity contribution in [2.45, 2.75) is 0 Å². The Balaban J connectivity index is 1.65. The van der Waals surface area contributed by atoms with E-state index in [4.69, 9.17) is 5.73 Å². The molecule has 3 rings (SSSR count). The van der Waals surface area contributed by atoms with E-state index in [0.29, 0.717) is 24.3 Å². The molecule has 1 amide bonds. The highest BCUT2D eigenvalue weighted by molar-refractivity contribution is 5.93. The Hall–Kier alpha value is -2.57. The monoisotopic (exact) mass is 272 g/mol. The van der Waals surface area contributed by atoms with Gasteiger partial charge in [0.25, 0.3) is 5.91 Å². The van der Waals surface area contributed by atoms with E-state index in [9.17, 15) is 4.79 Å². The average molecular weight is 272 g/mol. The standard InChI is InChI=1S/C13H16N6O/c14-11-9-15-2-1-12(11)18-3-5-19(6-4-18)13(20)10-7-16-17-8-10/h1-2,7-9H,3-6,14H2,(H,16,17). The maximum atomic E-state index is 12.2. The van der Waals surface area contributed by atoms with Crippen LogP contribution in [0.2, 0.25) is 0 Å². The fraction of sp³-hybridized carbons (Fsp3) is 0.308. The van der Waals surface area contributed by atoms with Crippen molar-refractivity contribution < 1.29 is 4.79 Å². The minimum atomic E-state index is 0.0149. The van der Waals surface area contributed by atoms with E-state index in [0.717, 1.165) is 18.8 Å². The van der Waals surface area contributed by atoms with Crippen molar-refractivity contribution >= 4 is 17.3 Å². The Bertz CT molecular complexity index is 589. The van der Waals surface area contributed by atoms with Gasteiger partial charge in [-0.25, -0.2) is 0 Å². The van der Waals surface area contributed by atoms with E-state index in [-0.39, 0.29) is 5.91 Å². The van der Waals surface area contributed by atoms with Crippen LogP contribution in [0.3, 0.4) is 0 Å². The van der Waals surface area contributed by atoms with Gasteiger partial charge in [0.15, 0.2) is 0 Å². The number of amides is 1. The minimum Gasteiger partial charge on any atom is -0.396 e. The first-order valence-corrected chi connectivity index (χ1v) is 6.48. The predicted molar refractivity (Wildman–Crippen MR) is 75.4 cm³/mol. The first-order chi connectivity index (χ1) is 9.75. The molecule has 3 heterocycles. The number of hydrogen-bond acceptors (Lipinski definition) is 5. The average Bonchev–Trinajstić information content (AvgIpc) is 3.01. The van der Waals surface area contributed by atoms with Gasteiger partial charge in [-0.15, -0.1) is 0 Å². The van der Waals surface area contributed by atoms with E-state index in [2.05, 4.69) is 20.1 Å². The van der Waals surface area contributed by atoms with Crippen molar-refractivity contribution in [1.82, 2.24) is 20.1 Å². The molecule has 0 aromatic carbocycles. The summed E-state index contributed by atoms with van der Waals surface area (Å²) in [5, 5.41) is 6.47. The van der Waals surface area contributed by atoms with E-state index < -0.39 is 0 Å². The lowest BCUT2D eigenvalue weighted by atomic mass is 10.2. The molecule has 1 aliphatic heterocycles. The van der Waals surface area contributed by atoms with E-state index in [1.807, 2.05) is 11.0 Å². The molecule has 1 aliphatic rings. The van der Waals surface area contributed by atoms with Crippen LogP contribution in [0.1, 0.15) is 10.4 Å². The van der Waals surface area contributed by atoms with Gasteiger partial charge in [0, 0.05) is 38.6 Å². The lowest BCUT2D eigenvalue weighted by Gasteiger charge is -2.36. The molecule has 0 radical (unpaired) electrons. The number of aromatic amines is 1. The maximum absolute atomic E-state index is 12.2. The van der Waals surface area contributed by atoms with Crippen LogP contribution >= 0.6 is 0 Å². The van der Waals surface area contributed by atoms with Gasteiger partial charge in [0.2, 0.25) is 0 Å². The zero-order valence-electron chi connectivity index (χ0n) is 11.0. The second kappa shape index (κ2) is 5.20. The molecule has 1 fully saturated rings. The molecule has 0 saturated carbocycles. The van der Waals surface area contributed by atoms with E-state index in [1.165, 1.54) is 0 Å². The summed E-state index contributed by atoms with van der Waals surface area (Å²) in [6, 6.07) is 1.91. The highest BCUT2D eigenvalue weighted by atomic mass is 16.2. The molecular weight excluding hydrogens is 256 g/mol. The van der Waals surface area contributed by atoms with Crippen LogP contribution in [0.15, 0.2) is 30.9 Å². The topological polar surface area (TPSA) is 91.1 Å². The Kier molecular flexibility index (Phi) is 3.24. The molecule has 7 nitrogen and oxygen atoms in total. The highest BCUT2D eigenvalue weighted by Crippen LogP contribution is 2.22. The SMILES string of the molecule is Nc1cnccc1N1CCN(C(=O)c2cn[nH]c2)CC1. The molecular formula is C13H16N6O. The third-order valence-electron chi connectivity index (χ3n) is 3.48. The first-order valence-electron chi connectivity index (χ1n) is 6.48. The Morgan fingerprint density at radius 3 is 2.70 bits per heavy atom. The summed E-state index contributed by atoms with van der Waals surface area (Å²) in [5.74, 6) is 0.0149. The van der Waals surface area contributed by atoms with E-state index in [1.54, 1.807) is 24.8 Å². The number of piperazine rings is 1. The summed E-state index contributed by atoms with van der Waals surface area (Å²) < 4.78 is 0. The minimum absolute atomic E-state index is 0.0149. The van der Waals surface area contributed by atoms with Crippen molar-refractivity contribution in [3.8, 4) is 0 Å². The Labute approximate surface area is 116 Å². The number of H-pyrrole nitrogens is 1. The van der Waals surface area contributed by atoms with Gasteiger partial charge in [-0.2, -0.15) is 5.10 Å². The number of nitrogen functional groups attached to an aromatic ring is 1. The summed E-state index contributed by atoms with van der Waals surface area (Å²) in [7, 11) is 0. The number of nitrogens with two attached hydrogens (primary N) is 1. The summed E-state index contributed by atoms with van der Waals surface area (Å²) in [6.07, 6.45) is 6.55. The van der Waals surface area contributed by atoms with Crippen molar-refractivity contribution in [1.29, 1.82) is 0 Å². The zero-order valence-corrected chi connectivity index (χ0v) is 11.0. The van der Waals surface area contributed by atoms with Gasteiger partial charge in [-0.05, 0) is 6.07 Å². The molecule has 0 spiro atoms. The van der Waals surface area contributed by atoms with Gasteiger partial charge in [-0.3, -0.25) is 14.9 Å².